The van der Waals surface area contributed by atoms with Crippen LogP contribution in [0.1, 0.15) is 45.3 Å². The maximum absolute atomic E-state index is 13.1. The van der Waals surface area contributed by atoms with Gasteiger partial charge in [0.05, 0.1) is 22.3 Å². The molecule has 1 aliphatic rings. The molecule has 1 unspecified atom stereocenters. The van der Waals surface area contributed by atoms with Gasteiger partial charge in [0, 0.05) is 11.1 Å². The van der Waals surface area contributed by atoms with Crippen molar-refractivity contribution in [3.63, 3.8) is 0 Å². The quantitative estimate of drug-likeness (QED) is 0.619. The number of ether oxygens (including phenoxy) is 1. The number of carbonyl (C=O) groups excluding carboxylic acids is 3. The second kappa shape index (κ2) is 8.55. The highest BCUT2D eigenvalue weighted by Crippen LogP contribution is 2.32. The van der Waals surface area contributed by atoms with E-state index in [4.69, 9.17) is 15.5 Å². The molecule has 0 saturated heterocycles. The predicted molar refractivity (Wildman–Crippen MR) is 117 cm³/mol. The first-order valence-corrected chi connectivity index (χ1v) is 10.2. The van der Waals surface area contributed by atoms with Gasteiger partial charge in [0.15, 0.2) is 6.61 Å². The number of hydrogen-bond donors (Lipinski definition) is 2. The number of nitrogens with one attached hydrogen (secondary N) is 1. The molecule has 2 aromatic carbocycles. The number of nitrogens with two attached hydrogens (primary N) is 1. The number of hydrogen-bond acceptors (Lipinski definition) is 5. The number of primary amides is 1. The SMILES string of the molecule is CC1CCc2nc3ccccc3c(C(=O)OCC(=O)Nc3ccccc3C(N)=O)c2C1. The van der Waals surface area contributed by atoms with Crippen LogP contribution in [0, 0.1) is 5.92 Å². The van der Waals surface area contributed by atoms with E-state index >= 15 is 0 Å². The lowest BCUT2D eigenvalue weighted by atomic mass is 9.84. The number of nitrogens with zero attached hydrogens (tertiary/aromatic N) is 1. The summed E-state index contributed by atoms with van der Waals surface area (Å²) in [5.41, 5.74) is 8.84. The van der Waals surface area contributed by atoms with E-state index < -0.39 is 24.4 Å². The Labute approximate surface area is 179 Å². The fourth-order valence-electron chi connectivity index (χ4n) is 3.99. The molecule has 1 heterocycles. The Bertz CT molecular complexity index is 1190. The van der Waals surface area contributed by atoms with Crippen molar-refractivity contribution in [2.45, 2.75) is 26.2 Å². The van der Waals surface area contributed by atoms with Gasteiger partial charge < -0.3 is 15.8 Å². The summed E-state index contributed by atoms with van der Waals surface area (Å²) < 4.78 is 5.38. The molecule has 158 valence electrons. The predicted octanol–water partition coefficient (Wildman–Crippen LogP) is 3.25. The molecule has 2 amide bonds. The van der Waals surface area contributed by atoms with Crippen molar-refractivity contribution >= 4 is 34.4 Å². The molecule has 3 aromatic rings. The second-order valence-electron chi connectivity index (χ2n) is 7.81. The fraction of sp³-hybridized carbons (Fsp3) is 0.250. The van der Waals surface area contributed by atoms with Gasteiger partial charge in [-0.25, -0.2) is 4.79 Å². The Morgan fingerprint density at radius 2 is 1.87 bits per heavy atom. The van der Waals surface area contributed by atoms with Crippen LogP contribution in [0.25, 0.3) is 10.9 Å². The Morgan fingerprint density at radius 3 is 2.68 bits per heavy atom. The first-order valence-electron chi connectivity index (χ1n) is 10.2. The highest BCUT2D eigenvalue weighted by Gasteiger charge is 2.26. The number of benzene rings is 2. The summed E-state index contributed by atoms with van der Waals surface area (Å²) >= 11 is 0. The summed E-state index contributed by atoms with van der Waals surface area (Å²) in [6.07, 6.45) is 2.58. The van der Waals surface area contributed by atoms with Gasteiger partial charge in [-0.3, -0.25) is 14.6 Å². The molecule has 0 bridgehead atoms. The Kier molecular flexibility index (Phi) is 5.66. The molecule has 7 nitrogen and oxygen atoms in total. The summed E-state index contributed by atoms with van der Waals surface area (Å²) in [4.78, 5) is 41.7. The van der Waals surface area contributed by atoms with Crippen LogP contribution in [0.4, 0.5) is 5.69 Å². The van der Waals surface area contributed by atoms with E-state index in [9.17, 15) is 14.4 Å². The van der Waals surface area contributed by atoms with Gasteiger partial charge in [0.25, 0.3) is 11.8 Å². The van der Waals surface area contributed by atoms with Crippen molar-refractivity contribution in [1.29, 1.82) is 0 Å². The number of esters is 1. The van der Waals surface area contributed by atoms with Gasteiger partial charge in [-0.1, -0.05) is 37.3 Å². The number of carbonyl (C=O) groups is 3. The lowest BCUT2D eigenvalue weighted by molar-refractivity contribution is -0.119. The molecule has 4 rings (SSSR count). The van der Waals surface area contributed by atoms with Crippen LogP contribution in [0.15, 0.2) is 48.5 Å². The van der Waals surface area contributed by atoms with Crippen molar-refractivity contribution in [1.82, 2.24) is 4.98 Å². The summed E-state index contributed by atoms with van der Waals surface area (Å²) in [6.45, 7) is 1.67. The van der Waals surface area contributed by atoms with E-state index in [0.29, 0.717) is 11.5 Å². The van der Waals surface area contributed by atoms with Gasteiger partial charge in [-0.05, 0) is 48.9 Å². The summed E-state index contributed by atoms with van der Waals surface area (Å²) in [5, 5.41) is 3.30. The average Bonchev–Trinajstić information content (AvgIpc) is 2.76. The highest BCUT2D eigenvalue weighted by molar-refractivity contribution is 6.07. The normalized spacial score (nSPS) is 15.2. The average molecular weight is 417 g/mol. The number of amides is 2. The lowest BCUT2D eigenvalue weighted by Crippen LogP contribution is -2.24. The zero-order chi connectivity index (χ0) is 22.0. The van der Waals surface area contributed by atoms with Crippen molar-refractivity contribution in [3.05, 3.63) is 70.9 Å². The third-order valence-corrected chi connectivity index (χ3v) is 5.51. The Balaban J connectivity index is 1.56. The standard InChI is InChI=1S/C24H23N3O4/c1-14-10-11-20-17(12-14)22(15-6-2-4-8-18(15)26-20)24(30)31-13-21(28)27-19-9-5-3-7-16(19)23(25)29/h2-9,14H,10-13H2,1H3,(H2,25,29)(H,27,28). The third-order valence-electron chi connectivity index (χ3n) is 5.51. The van der Waals surface area contributed by atoms with E-state index in [1.807, 2.05) is 24.3 Å². The molecule has 0 radical (unpaired) electrons. The van der Waals surface area contributed by atoms with Crippen LogP contribution in [-0.4, -0.2) is 29.4 Å². The van der Waals surface area contributed by atoms with Gasteiger partial charge in [0.2, 0.25) is 0 Å². The fourth-order valence-corrected chi connectivity index (χ4v) is 3.99. The minimum atomic E-state index is -0.656. The number of fused-ring (bicyclic) bond motifs is 2. The zero-order valence-corrected chi connectivity index (χ0v) is 17.2. The van der Waals surface area contributed by atoms with Gasteiger partial charge in [-0.2, -0.15) is 0 Å². The first-order chi connectivity index (χ1) is 14.9. The number of aryl methyl sites for hydroxylation is 1. The topological polar surface area (TPSA) is 111 Å². The Morgan fingerprint density at radius 1 is 1.13 bits per heavy atom. The van der Waals surface area contributed by atoms with Crippen LogP contribution in [-0.2, 0) is 22.4 Å². The largest absolute Gasteiger partial charge is 0.452 e. The molecule has 0 fully saturated rings. The number of rotatable bonds is 5. The molecular formula is C24H23N3O4. The summed E-state index contributed by atoms with van der Waals surface area (Å²) in [7, 11) is 0. The van der Waals surface area contributed by atoms with Crippen molar-refractivity contribution < 1.29 is 19.1 Å². The van der Waals surface area contributed by atoms with Gasteiger partial charge >= 0.3 is 5.97 Å². The van der Waals surface area contributed by atoms with Gasteiger partial charge in [-0.15, -0.1) is 0 Å². The van der Waals surface area contributed by atoms with Crippen molar-refractivity contribution in [3.8, 4) is 0 Å². The molecule has 3 N–H and O–H groups in total. The number of aromatic nitrogens is 1. The zero-order valence-electron chi connectivity index (χ0n) is 17.2. The van der Waals surface area contributed by atoms with Gasteiger partial charge in [0.1, 0.15) is 0 Å². The molecule has 31 heavy (non-hydrogen) atoms. The summed E-state index contributed by atoms with van der Waals surface area (Å²) in [6, 6.07) is 13.9. The van der Waals surface area contributed by atoms with Crippen molar-refractivity contribution in [2.24, 2.45) is 11.7 Å². The highest BCUT2D eigenvalue weighted by atomic mass is 16.5. The molecule has 0 aliphatic heterocycles. The van der Waals surface area contributed by atoms with E-state index in [1.165, 1.54) is 6.07 Å². The van der Waals surface area contributed by atoms with Crippen LogP contribution in [0.2, 0.25) is 0 Å². The minimum absolute atomic E-state index is 0.186. The number of pyridine rings is 1. The molecule has 1 aliphatic carbocycles. The van der Waals surface area contributed by atoms with Crippen molar-refractivity contribution in [2.75, 3.05) is 11.9 Å². The van der Waals surface area contributed by atoms with Crippen LogP contribution >= 0.6 is 0 Å². The van der Waals surface area contributed by atoms with Crippen LogP contribution in [0.3, 0.4) is 0 Å². The monoisotopic (exact) mass is 417 g/mol. The molecular weight excluding hydrogens is 394 g/mol. The molecule has 1 aromatic heterocycles. The number of anilines is 1. The maximum Gasteiger partial charge on any atom is 0.339 e. The Hall–Kier alpha value is -3.74. The smallest absolute Gasteiger partial charge is 0.339 e. The molecule has 0 saturated carbocycles. The van der Waals surface area contributed by atoms with Crippen LogP contribution in [0.5, 0.6) is 0 Å². The maximum atomic E-state index is 13.1. The van der Waals surface area contributed by atoms with E-state index in [1.54, 1.807) is 18.2 Å². The summed E-state index contributed by atoms with van der Waals surface area (Å²) in [5.74, 6) is -1.32. The molecule has 7 heteroatoms. The molecule has 0 spiro atoms. The number of para-hydroxylation sites is 2. The van der Waals surface area contributed by atoms with Crippen LogP contribution < -0.4 is 11.1 Å². The third kappa shape index (κ3) is 4.26. The second-order valence-corrected chi connectivity index (χ2v) is 7.81. The minimum Gasteiger partial charge on any atom is -0.452 e. The molecule has 1 atom stereocenters. The van der Waals surface area contributed by atoms with E-state index in [2.05, 4.69) is 12.2 Å². The lowest BCUT2D eigenvalue weighted by Gasteiger charge is -2.24. The van der Waals surface area contributed by atoms with E-state index in [-0.39, 0.29) is 11.3 Å². The van der Waals surface area contributed by atoms with E-state index in [0.717, 1.165) is 41.4 Å². The first kappa shape index (κ1) is 20.5.